The monoisotopic (exact) mass is 254 g/mol. The Morgan fingerprint density at radius 2 is 2.06 bits per heavy atom. The van der Waals surface area contributed by atoms with Crippen molar-refractivity contribution < 1.29 is 5.11 Å². The minimum atomic E-state index is -0.546. The van der Waals surface area contributed by atoms with E-state index in [1.807, 2.05) is 19.1 Å². The van der Waals surface area contributed by atoms with E-state index in [4.69, 9.17) is 0 Å². The second kappa shape index (κ2) is 8.39. The van der Waals surface area contributed by atoms with Crippen LogP contribution in [0.25, 0.3) is 0 Å². The summed E-state index contributed by atoms with van der Waals surface area (Å²) in [5.74, 6) is 0. The van der Waals surface area contributed by atoms with Gasteiger partial charge in [0.1, 0.15) is 6.23 Å². The fourth-order valence-electron chi connectivity index (χ4n) is 2.01. The maximum atomic E-state index is 9.96. The second-order valence-electron chi connectivity index (χ2n) is 4.46. The van der Waals surface area contributed by atoms with E-state index in [1.165, 1.54) is 37.6 Å². The van der Waals surface area contributed by atoms with Gasteiger partial charge < -0.3 is 10.4 Å². The summed E-state index contributed by atoms with van der Waals surface area (Å²) in [5.41, 5.74) is 2.36. The fraction of sp³-hybridized carbons (Fsp3) is 0.615. The van der Waals surface area contributed by atoms with Crippen LogP contribution in [0.1, 0.15) is 39.0 Å². The van der Waals surface area contributed by atoms with E-state index in [0.29, 0.717) is 6.04 Å². The van der Waals surface area contributed by atoms with E-state index in [-0.39, 0.29) is 0 Å². The highest BCUT2D eigenvalue weighted by atomic mass is 32.1. The molecule has 96 valence electrons. The van der Waals surface area contributed by atoms with Crippen molar-refractivity contribution >= 4 is 17.7 Å². The van der Waals surface area contributed by atoms with Crippen molar-refractivity contribution in [2.75, 3.05) is 0 Å². The fourth-order valence-corrected chi connectivity index (χ4v) is 2.09. The average molecular weight is 254 g/mol. The summed E-state index contributed by atoms with van der Waals surface area (Å²) in [6, 6.07) is 0.463. The lowest BCUT2D eigenvalue weighted by molar-refractivity contribution is 0.145. The molecule has 1 rings (SSSR count). The van der Waals surface area contributed by atoms with Crippen molar-refractivity contribution in [3.05, 3.63) is 23.9 Å². The number of nitrogens with one attached hydrogen (secondary N) is 2. The van der Waals surface area contributed by atoms with Crippen LogP contribution in [0.5, 0.6) is 0 Å². The quantitative estimate of drug-likeness (QED) is 0.386. The van der Waals surface area contributed by atoms with Gasteiger partial charge in [-0.1, -0.05) is 37.6 Å². The van der Waals surface area contributed by atoms with Crippen LogP contribution in [0.3, 0.4) is 0 Å². The molecule has 0 radical (unpaired) electrons. The molecule has 4 heteroatoms. The Labute approximate surface area is 109 Å². The zero-order chi connectivity index (χ0) is 12.5. The molecule has 0 aliphatic heterocycles. The molecule has 0 aromatic heterocycles. The molecule has 0 aromatic carbocycles. The SMILES string of the molecule is C/C(=C\C=C/NC=S)C(O)NC1CCCCC1. The lowest BCUT2D eigenvalue weighted by Crippen LogP contribution is -2.40. The third-order valence-electron chi connectivity index (χ3n) is 3.05. The maximum Gasteiger partial charge on any atom is 0.127 e. The number of aliphatic hydroxyl groups is 1. The molecule has 3 N–H and O–H groups in total. The normalized spacial score (nSPS) is 20.5. The summed E-state index contributed by atoms with van der Waals surface area (Å²) < 4.78 is 0. The molecule has 1 saturated carbocycles. The molecule has 0 amide bonds. The molecule has 3 nitrogen and oxygen atoms in total. The molecule has 0 bridgehead atoms. The number of thiocarbonyl (C=S) groups is 1. The van der Waals surface area contributed by atoms with Crippen LogP contribution in [0, 0.1) is 0 Å². The molecule has 1 atom stereocenters. The zero-order valence-electron chi connectivity index (χ0n) is 10.4. The molecule has 0 heterocycles. The minimum absolute atomic E-state index is 0.463. The van der Waals surface area contributed by atoms with Gasteiger partial charge in [0.2, 0.25) is 0 Å². The first-order valence-corrected chi connectivity index (χ1v) is 6.68. The largest absolute Gasteiger partial charge is 0.375 e. The first-order valence-electron chi connectivity index (χ1n) is 6.21. The summed E-state index contributed by atoms with van der Waals surface area (Å²) in [5, 5.41) is 16.0. The van der Waals surface area contributed by atoms with Crippen molar-refractivity contribution in [1.29, 1.82) is 0 Å². The highest BCUT2D eigenvalue weighted by molar-refractivity contribution is 7.78. The summed E-state index contributed by atoms with van der Waals surface area (Å²) in [6.07, 6.45) is 11.1. The predicted octanol–water partition coefficient (Wildman–Crippen LogP) is 2.23. The van der Waals surface area contributed by atoms with Gasteiger partial charge in [-0.3, -0.25) is 5.32 Å². The van der Waals surface area contributed by atoms with E-state index < -0.39 is 6.23 Å². The van der Waals surface area contributed by atoms with E-state index >= 15 is 0 Å². The summed E-state index contributed by atoms with van der Waals surface area (Å²) in [4.78, 5) is 0. The van der Waals surface area contributed by atoms with Crippen LogP contribution in [-0.4, -0.2) is 22.9 Å². The van der Waals surface area contributed by atoms with E-state index in [9.17, 15) is 5.11 Å². The van der Waals surface area contributed by atoms with Crippen molar-refractivity contribution in [1.82, 2.24) is 10.6 Å². The molecule has 0 aromatic rings. The number of hydrogen-bond donors (Lipinski definition) is 3. The first kappa shape index (κ1) is 14.4. The van der Waals surface area contributed by atoms with E-state index in [0.717, 1.165) is 5.57 Å². The lowest BCUT2D eigenvalue weighted by atomic mass is 9.95. The number of aliphatic hydroxyl groups excluding tert-OH is 1. The smallest absolute Gasteiger partial charge is 0.127 e. The summed E-state index contributed by atoms with van der Waals surface area (Å²) in [7, 11) is 0. The highest BCUT2D eigenvalue weighted by Gasteiger charge is 2.16. The predicted molar refractivity (Wildman–Crippen MR) is 75.7 cm³/mol. The van der Waals surface area contributed by atoms with Crippen molar-refractivity contribution in [3.8, 4) is 0 Å². The Hall–Kier alpha value is -0.710. The van der Waals surface area contributed by atoms with Gasteiger partial charge in [0.15, 0.2) is 0 Å². The Bertz CT molecular complexity index is 283. The van der Waals surface area contributed by atoms with E-state index in [2.05, 4.69) is 22.9 Å². The average Bonchev–Trinajstić information content (AvgIpc) is 2.35. The van der Waals surface area contributed by atoms with Gasteiger partial charge in [-0.2, -0.15) is 0 Å². The van der Waals surface area contributed by atoms with Crippen molar-refractivity contribution in [2.24, 2.45) is 0 Å². The van der Waals surface area contributed by atoms with Crippen LogP contribution < -0.4 is 10.6 Å². The van der Waals surface area contributed by atoms with Crippen LogP contribution in [0.4, 0.5) is 0 Å². The number of allylic oxidation sites excluding steroid dienone is 2. The molecular weight excluding hydrogens is 232 g/mol. The van der Waals surface area contributed by atoms with Gasteiger partial charge >= 0.3 is 0 Å². The van der Waals surface area contributed by atoms with Crippen LogP contribution in [-0.2, 0) is 0 Å². The second-order valence-corrected chi connectivity index (χ2v) is 4.69. The first-order chi connectivity index (χ1) is 8.24. The molecule has 1 unspecified atom stereocenters. The minimum Gasteiger partial charge on any atom is -0.375 e. The van der Waals surface area contributed by atoms with Crippen molar-refractivity contribution in [2.45, 2.75) is 51.3 Å². The molecule has 1 aliphatic rings. The van der Waals surface area contributed by atoms with Gasteiger partial charge in [0.05, 0.1) is 5.49 Å². The standard InChI is InChI=1S/C13H22N2OS/c1-11(6-5-9-14-10-17)13(16)15-12-7-3-2-4-8-12/h5-6,9-10,12-13,15-16H,2-4,7-8H2,1H3,(H,14,17)/b9-5-,11-6+. The Morgan fingerprint density at radius 1 is 1.35 bits per heavy atom. The van der Waals surface area contributed by atoms with Gasteiger partial charge in [0.25, 0.3) is 0 Å². The Balaban J connectivity index is 2.34. The highest BCUT2D eigenvalue weighted by Crippen LogP contribution is 2.18. The molecule has 1 aliphatic carbocycles. The lowest BCUT2D eigenvalue weighted by Gasteiger charge is -2.26. The van der Waals surface area contributed by atoms with Gasteiger partial charge in [0, 0.05) is 12.2 Å². The molecular formula is C13H22N2OS. The number of rotatable bonds is 6. The van der Waals surface area contributed by atoms with Crippen LogP contribution >= 0.6 is 12.2 Å². The van der Waals surface area contributed by atoms with E-state index in [1.54, 1.807) is 6.20 Å². The molecule has 17 heavy (non-hydrogen) atoms. The molecule has 1 fully saturated rings. The summed E-state index contributed by atoms with van der Waals surface area (Å²) in [6.45, 7) is 1.92. The van der Waals surface area contributed by atoms with Crippen molar-refractivity contribution in [3.63, 3.8) is 0 Å². The van der Waals surface area contributed by atoms with Gasteiger partial charge in [-0.15, -0.1) is 0 Å². The summed E-state index contributed by atoms with van der Waals surface area (Å²) >= 11 is 4.62. The van der Waals surface area contributed by atoms with Crippen LogP contribution in [0.2, 0.25) is 0 Å². The van der Waals surface area contributed by atoms with Crippen LogP contribution in [0.15, 0.2) is 23.9 Å². The molecule has 0 saturated heterocycles. The Kier molecular flexibility index (Phi) is 7.08. The molecule has 0 spiro atoms. The third kappa shape index (κ3) is 5.96. The number of hydrogen-bond acceptors (Lipinski definition) is 3. The third-order valence-corrected chi connectivity index (χ3v) is 3.19. The topological polar surface area (TPSA) is 44.3 Å². The van der Waals surface area contributed by atoms with Gasteiger partial charge in [-0.25, -0.2) is 0 Å². The zero-order valence-corrected chi connectivity index (χ0v) is 11.2. The Morgan fingerprint density at radius 3 is 2.71 bits per heavy atom. The van der Waals surface area contributed by atoms with Gasteiger partial charge in [-0.05, 0) is 31.4 Å². The maximum absolute atomic E-state index is 9.96.